The number of halogens is 7. The summed E-state index contributed by atoms with van der Waals surface area (Å²) in [5.74, 6) is 0.189. The molecule has 2 aromatic carbocycles. The number of nitrogens with one attached hydrogen (secondary N) is 1. The highest BCUT2D eigenvalue weighted by Crippen LogP contribution is 3.02. The van der Waals surface area contributed by atoms with E-state index in [0.29, 0.717) is 0 Å². The second-order valence-corrected chi connectivity index (χ2v) is 9.21. The van der Waals surface area contributed by atoms with Gasteiger partial charge in [-0.2, -0.15) is 10.4 Å². The fourth-order valence-corrected chi connectivity index (χ4v) is 3.95. The summed E-state index contributed by atoms with van der Waals surface area (Å²) in [5, 5.41) is 14.6. The Labute approximate surface area is 172 Å². The largest absolute Gasteiger partial charge is 0.366 e. The van der Waals surface area contributed by atoms with Crippen molar-refractivity contribution in [2.24, 2.45) is 0 Å². The molecule has 0 fully saturated rings. The van der Waals surface area contributed by atoms with Crippen LogP contribution >= 0.6 is 33.4 Å². The maximum atomic E-state index is 13.1. The number of anilines is 1. The average Bonchev–Trinajstić information content (AvgIpc) is 3.01. The monoisotopic (exact) mass is 468 g/mol. The Kier molecular flexibility index (Phi) is 4.77. The molecular weight excluding hydrogens is 458 g/mol. The van der Waals surface area contributed by atoms with Crippen LogP contribution in [0.25, 0.3) is 5.69 Å². The molecule has 0 saturated carbocycles. The molecule has 154 valence electrons. The van der Waals surface area contributed by atoms with Crippen LogP contribution < -0.4 is 5.32 Å². The normalized spacial score (nSPS) is 14.0. The van der Waals surface area contributed by atoms with Gasteiger partial charge in [0.05, 0.1) is 10.0 Å². The lowest BCUT2D eigenvalue weighted by Gasteiger charge is -2.40. The maximum absolute atomic E-state index is 13.1. The van der Waals surface area contributed by atoms with Gasteiger partial charge in [0.15, 0.2) is 5.69 Å². The molecule has 29 heavy (non-hydrogen) atoms. The van der Waals surface area contributed by atoms with Gasteiger partial charge in [-0.15, -0.1) is 0 Å². The van der Waals surface area contributed by atoms with Crippen LogP contribution in [-0.4, -0.2) is 9.78 Å². The summed E-state index contributed by atoms with van der Waals surface area (Å²) in [5.41, 5.74) is 0.521. The minimum Gasteiger partial charge on any atom is -0.366 e. The Morgan fingerprint density at radius 1 is 1.00 bits per heavy atom. The van der Waals surface area contributed by atoms with Crippen molar-refractivity contribution in [3.8, 4) is 11.8 Å². The maximum Gasteiger partial charge on any atom is 0.310 e. The first-order valence-electron chi connectivity index (χ1n) is 7.80. The third-order valence-corrected chi connectivity index (χ3v) is 5.49. The Balaban J connectivity index is 2.07. The Hall–Kier alpha value is -2.48. The number of benzene rings is 2. The van der Waals surface area contributed by atoms with Crippen molar-refractivity contribution in [3.63, 3.8) is 0 Å². The number of rotatable bonds is 5. The summed E-state index contributed by atoms with van der Waals surface area (Å²) in [6.45, 7) is 0.288. The first-order chi connectivity index (χ1) is 13.3. The summed E-state index contributed by atoms with van der Waals surface area (Å²) < 4.78 is 66.5. The van der Waals surface area contributed by atoms with Gasteiger partial charge < -0.3 is 5.32 Å². The van der Waals surface area contributed by atoms with Gasteiger partial charge in [0.1, 0.15) is 22.5 Å². The molecule has 0 atom stereocenters. The number of nitrogens with zero attached hydrogens (tertiary/aromatic N) is 3. The van der Waals surface area contributed by atoms with Gasteiger partial charge in [0.25, 0.3) is 0 Å². The number of nitriles is 1. The Bertz CT molecular complexity index is 1100. The summed E-state index contributed by atoms with van der Waals surface area (Å²) in [4.78, 5) is -2.21. The van der Waals surface area contributed by atoms with Crippen molar-refractivity contribution >= 4 is 39.2 Å². The van der Waals surface area contributed by atoms with Crippen LogP contribution in [-0.2, 0) is 6.54 Å². The highest BCUT2D eigenvalue weighted by atomic mass is 35.5. The molecule has 3 rings (SSSR count). The van der Waals surface area contributed by atoms with Gasteiger partial charge in [-0.1, -0.05) is 73.0 Å². The third kappa shape index (κ3) is 4.75. The van der Waals surface area contributed by atoms with E-state index in [1.54, 1.807) is 6.07 Å². The second-order valence-electron chi connectivity index (χ2n) is 5.98. The highest BCUT2D eigenvalue weighted by molar-refractivity contribution is 8.45. The lowest BCUT2D eigenvalue weighted by Crippen LogP contribution is -2.10. The van der Waals surface area contributed by atoms with Crippen LogP contribution in [0.4, 0.5) is 25.2 Å². The molecule has 0 spiro atoms. The van der Waals surface area contributed by atoms with Crippen LogP contribution in [0.5, 0.6) is 0 Å². The Morgan fingerprint density at radius 2 is 1.59 bits per heavy atom. The smallest absolute Gasteiger partial charge is 0.310 e. The SMILES string of the molecule is N#Cc1cc(NCc2ccccc2)n(-c2c(Cl)cc(S(F)(F)(F)(F)F)cc2Cl)n1. The van der Waals surface area contributed by atoms with E-state index in [4.69, 9.17) is 28.5 Å². The van der Waals surface area contributed by atoms with Crippen LogP contribution in [0.2, 0.25) is 10.0 Å². The molecule has 0 bridgehead atoms. The fourth-order valence-electron chi connectivity index (χ4n) is 2.49. The molecule has 0 aliphatic heterocycles. The molecule has 1 heterocycles. The molecule has 1 N–H and O–H groups in total. The molecule has 0 radical (unpaired) electrons. The molecular formula is C17H11Cl2F5N4S. The predicted octanol–water partition coefficient (Wildman–Crippen LogP) is 7.32. The molecule has 0 saturated heterocycles. The molecule has 1 aromatic heterocycles. The summed E-state index contributed by atoms with van der Waals surface area (Å²) >= 11 is 11.7. The number of hydrogen-bond acceptors (Lipinski definition) is 3. The molecule has 12 heteroatoms. The van der Waals surface area contributed by atoms with Crippen molar-refractivity contribution in [1.29, 1.82) is 5.26 Å². The van der Waals surface area contributed by atoms with E-state index in [-0.39, 0.29) is 35.9 Å². The van der Waals surface area contributed by atoms with E-state index in [1.807, 2.05) is 30.3 Å². The summed E-state index contributed by atoms with van der Waals surface area (Å²) in [7, 11) is -9.98. The number of hydrogen-bond donors (Lipinski definition) is 1. The zero-order chi connectivity index (χ0) is 21.5. The highest BCUT2D eigenvalue weighted by Gasteiger charge is 2.65. The second kappa shape index (κ2) is 6.52. The fraction of sp³-hybridized carbons (Fsp3) is 0.0588. The quantitative estimate of drug-likeness (QED) is 0.399. The molecule has 3 aromatic rings. The van der Waals surface area contributed by atoms with E-state index >= 15 is 0 Å². The molecule has 0 aliphatic rings. The van der Waals surface area contributed by atoms with Crippen molar-refractivity contribution in [1.82, 2.24) is 9.78 Å². The van der Waals surface area contributed by atoms with Gasteiger partial charge in [-0.05, 0) is 17.7 Å². The van der Waals surface area contributed by atoms with Crippen LogP contribution in [0, 0.1) is 11.3 Å². The van der Waals surface area contributed by atoms with Crippen LogP contribution in [0.3, 0.4) is 0 Å². The zero-order valence-corrected chi connectivity index (χ0v) is 16.5. The van der Waals surface area contributed by atoms with Crippen molar-refractivity contribution in [3.05, 3.63) is 69.8 Å². The molecule has 0 aliphatic carbocycles. The summed E-state index contributed by atoms with van der Waals surface area (Å²) in [6, 6.07) is 12.4. The summed E-state index contributed by atoms with van der Waals surface area (Å²) in [6.07, 6.45) is 0. The van der Waals surface area contributed by atoms with E-state index in [9.17, 15) is 19.4 Å². The van der Waals surface area contributed by atoms with E-state index in [0.717, 1.165) is 10.2 Å². The van der Waals surface area contributed by atoms with E-state index in [2.05, 4.69) is 10.4 Å². The first-order valence-corrected chi connectivity index (χ1v) is 10.5. The topological polar surface area (TPSA) is 53.6 Å². The van der Waals surface area contributed by atoms with Crippen LogP contribution in [0.1, 0.15) is 11.3 Å². The van der Waals surface area contributed by atoms with E-state index in [1.165, 1.54) is 6.07 Å². The molecule has 0 unspecified atom stereocenters. The molecule has 4 nitrogen and oxygen atoms in total. The first kappa shape index (κ1) is 21.2. The lowest BCUT2D eigenvalue weighted by atomic mass is 10.2. The third-order valence-electron chi connectivity index (χ3n) is 3.79. The van der Waals surface area contributed by atoms with Gasteiger partial charge in [-0.3, -0.25) is 0 Å². The predicted molar refractivity (Wildman–Crippen MR) is 103 cm³/mol. The van der Waals surface area contributed by atoms with Gasteiger partial charge in [0, 0.05) is 12.6 Å². The van der Waals surface area contributed by atoms with Crippen molar-refractivity contribution in [2.45, 2.75) is 11.4 Å². The van der Waals surface area contributed by atoms with Crippen molar-refractivity contribution in [2.75, 3.05) is 5.32 Å². The lowest BCUT2D eigenvalue weighted by molar-refractivity contribution is 0.364. The van der Waals surface area contributed by atoms with E-state index < -0.39 is 25.2 Å². The minimum atomic E-state index is -9.98. The molecule has 0 amide bonds. The van der Waals surface area contributed by atoms with Gasteiger partial charge in [0.2, 0.25) is 0 Å². The van der Waals surface area contributed by atoms with Crippen molar-refractivity contribution < 1.29 is 19.4 Å². The van der Waals surface area contributed by atoms with Gasteiger partial charge >= 0.3 is 10.2 Å². The standard InChI is InChI=1S/C17H11Cl2F5N4S/c18-14-7-13(29(20,21,22,23)24)8-15(19)17(14)28-16(6-12(9-25)27-28)26-10-11-4-2-1-3-5-11/h1-8,26H,10H2. The minimum absolute atomic E-state index is 0.0792. The zero-order valence-electron chi connectivity index (χ0n) is 14.2. The number of aromatic nitrogens is 2. The average molecular weight is 469 g/mol. The van der Waals surface area contributed by atoms with Crippen LogP contribution in [0.15, 0.2) is 53.4 Å². The Morgan fingerprint density at radius 3 is 2.10 bits per heavy atom. The van der Waals surface area contributed by atoms with Gasteiger partial charge in [-0.25, -0.2) is 4.68 Å².